The number of fused-ring (bicyclic) bond motifs is 1. The van der Waals surface area contributed by atoms with Crippen LogP contribution in [-0.4, -0.2) is 16.5 Å². The lowest BCUT2D eigenvalue weighted by molar-refractivity contribution is 0.580. The summed E-state index contributed by atoms with van der Waals surface area (Å²) in [6.45, 7) is 2.96. The van der Waals surface area contributed by atoms with Crippen LogP contribution >= 0.6 is 11.3 Å². The van der Waals surface area contributed by atoms with Crippen molar-refractivity contribution in [2.24, 2.45) is 0 Å². The van der Waals surface area contributed by atoms with Gasteiger partial charge in [0.1, 0.15) is 5.82 Å². The first-order chi connectivity index (χ1) is 10.3. The third-order valence-electron chi connectivity index (χ3n) is 3.31. The molecule has 0 fully saturated rings. The zero-order valence-electron chi connectivity index (χ0n) is 11.7. The van der Waals surface area contributed by atoms with Crippen molar-refractivity contribution in [3.63, 3.8) is 0 Å². The van der Waals surface area contributed by atoms with Gasteiger partial charge in [-0.05, 0) is 47.7 Å². The van der Waals surface area contributed by atoms with Crippen LogP contribution in [0.25, 0.3) is 10.2 Å². The minimum Gasteiger partial charge on any atom is -0.306 e. The van der Waals surface area contributed by atoms with Crippen LogP contribution < -0.4 is 5.32 Å². The lowest BCUT2D eigenvalue weighted by atomic mass is 10.0. The van der Waals surface area contributed by atoms with Crippen molar-refractivity contribution >= 4 is 21.6 Å². The fourth-order valence-corrected chi connectivity index (χ4v) is 3.11. The molecule has 0 saturated carbocycles. The Morgan fingerprint density at radius 3 is 2.90 bits per heavy atom. The number of rotatable bonds is 5. The summed E-state index contributed by atoms with van der Waals surface area (Å²) in [5.74, 6) is -0.319. The Hall–Kier alpha value is -1.85. The molecule has 0 amide bonds. The normalized spacial score (nSPS) is 12.7. The molecule has 0 spiro atoms. The van der Waals surface area contributed by atoms with Crippen molar-refractivity contribution in [3.8, 4) is 0 Å². The molecule has 0 saturated heterocycles. The summed E-state index contributed by atoms with van der Waals surface area (Å²) in [7, 11) is 0. The van der Waals surface area contributed by atoms with Gasteiger partial charge in [-0.25, -0.2) is 4.39 Å². The Labute approximate surface area is 126 Å². The topological polar surface area (TPSA) is 37.8 Å². The van der Waals surface area contributed by atoms with Gasteiger partial charge in [-0.2, -0.15) is 0 Å². The monoisotopic (exact) mass is 301 g/mol. The molecule has 1 unspecified atom stereocenters. The molecule has 0 aliphatic heterocycles. The van der Waals surface area contributed by atoms with Gasteiger partial charge in [-0.1, -0.05) is 6.92 Å². The van der Waals surface area contributed by atoms with Crippen molar-refractivity contribution in [1.29, 1.82) is 0 Å². The maximum absolute atomic E-state index is 13.5. The number of hydrogen-bond acceptors (Lipinski definition) is 4. The number of nitrogens with one attached hydrogen (secondary N) is 1. The first-order valence-electron chi connectivity index (χ1n) is 6.95. The number of aromatic nitrogens is 2. The molecule has 5 heteroatoms. The number of halogens is 1. The van der Waals surface area contributed by atoms with Gasteiger partial charge in [0.15, 0.2) is 0 Å². The second-order valence-electron chi connectivity index (χ2n) is 4.90. The van der Waals surface area contributed by atoms with E-state index in [0.29, 0.717) is 0 Å². The summed E-state index contributed by atoms with van der Waals surface area (Å²) in [5.41, 5.74) is 2.85. The van der Waals surface area contributed by atoms with Crippen molar-refractivity contribution < 1.29 is 4.39 Å². The van der Waals surface area contributed by atoms with Gasteiger partial charge in [0.25, 0.3) is 0 Å². The van der Waals surface area contributed by atoms with E-state index in [9.17, 15) is 4.39 Å². The summed E-state index contributed by atoms with van der Waals surface area (Å²) in [5, 5.41) is 5.47. The smallest absolute Gasteiger partial charge is 0.141 e. The van der Waals surface area contributed by atoms with Crippen molar-refractivity contribution in [2.75, 3.05) is 6.54 Å². The molecule has 1 atom stereocenters. The van der Waals surface area contributed by atoms with Crippen LogP contribution in [0.15, 0.2) is 42.2 Å². The molecule has 0 radical (unpaired) electrons. The number of thiophene rings is 1. The standard InChI is InChI=1S/C16H16FN3S/c1-2-4-19-16(11-6-13(17)10-18-8-11)12-7-15-14(20-9-12)3-5-21-15/h3,5-10,16,19H,2,4H2,1H3. The van der Waals surface area contributed by atoms with Crippen molar-refractivity contribution in [3.05, 3.63) is 59.1 Å². The summed E-state index contributed by atoms with van der Waals surface area (Å²) < 4.78 is 14.6. The van der Waals surface area contributed by atoms with Gasteiger partial charge in [0, 0.05) is 12.4 Å². The Morgan fingerprint density at radius 1 is 1.24 bits per heavy atom. The van der Waals surface area contributed by atoms with E-state index in [-0.39, 0.29) is 11.9 Å². The largest absolute Gasteiger partial charge is 0.306 e. The average Bonchev–Trinajstić information content (AvgIpc) is 2.95. The molecule has 3 rings (SSSR count). The van der Waals surface area contributed by atoms with Gasteiger partial charge in [-0.15, -0.1) is 11.3 Å². The molecule has 0 bridgehead atoms. The van der Waals surface area contributed by atoms with Crippen LogP contribution in [0.3, 0.4) is 0 Å². The van der Waals surface area contributed by atoms with Crippen LogP contribution in [0, 0.1) is 5.82 Å². The second kappa shape index (κ2) is 6.28. The third-order valence-corrected chi connectivity index (χ3v) is 4.17. The van der Waals surface area contributed by atoms with Crippen LogP contribution in [0.4, 0.5) is 4.39 Å². The van der Waals surface area contributed by atoms with E-state index in [1.54, 1.807) is 17.5 Å². The van der Waals surface area contributed by atoms with E-state index in [4.69, 9.17) is 0 Å². The zero-order chi connectivity index (χ0) is 14.7. The summed E-state index contributed by atoms with van der Waals surface area (Å²) in [4.78, 5) is 8.43. The highest BCUT2D eigenvalue weighted by atomic mass is 32.1. The molecule has 108 valence electrons. The molecule has 3 aromatic heterocycles. The summed E-state index contributed by atoms with van der Waals surface area (Å²) in [6, 6.07) is 5.55. The Balaban J connectivity index is 2.01. The van der Waals surface area contributed by atoms with Gasteiger partial charge in [0.2, 0.25) is 0 Å². The molecule has 3 nitrogen and oxygen atoms in total. The fourth-order valence-electron chi connectivity index (χ4n) is 2.32. The van der Waals surface area contributed by atoms with Crippen LogP contribution in [0.5, 0.6) is 0 Å². The minimum absolute atomic E-state index is 0.0906. The summed E-state index contributed by atoms with van der Waals surface area (Å²) >= 11 is 1.66. The molecule has 0 aliphatic carbocycles. The molecule has 3 heterocycles. The van der Waals surface area contributed by atoms with Crippen molar-refractivity contribution in [2.45, 2.75) is 19.4 Å². The highest BCUT2D eigenvalue weighted by Crippen LogP contribution is 2.26. The Kier molecular flexibility index (Phi) is 4.22. The van der Waals surface area contributed by atoms with Crippen molar-refractivity contribution in [1.82, 2.24) is 15.3 Å². The van der Waals surface area contributed by atoms with Gasteiger partial charge in [-0.3, -0.25) is 9.97 Å². The minimum atomic E-state index is -0.319. The Morgan fingerprint density at radius 2 is 2.10 bits per heavy atom. The molecule has 1 N–H and O–H groups in total. The maximum atomic E-state index is 13.5. The highest BCUT2D eigenvalue weighted by Gasteiger charge is 2.15. The second-order valence-corrected chi connectivity index (χ2v) is 5.84. The SMILES string of the molecule is CCCNC(c1cncc(F)c1)c1cnc2ccsc2c1. The molecule has 0 aromatic carbocycles. The average molecular weight is 301 g/mol. The van der Waals surface area contributed by atoms with E-state index >= 15 is 0 Å². The van der Waals surface area contributed by atoms with Gasteiger partial charge in [0.05, 0.1) is 22.5 Å². The quantitative estimate of drug-likeness (QED) is 0.776. The first-order valence-corrected chi connectivity index (χ1v) is 7.83. The molecule has 21 heavy (non-hydrogen) atoms. The van der Waals surface area contributed by atoms with Gasteiger partial charge >= 0.3 is 0 Å². The van der Waals surface area contributed by atoms with E-state index in [1.807, 2.05) is 17.6 Å². The summed E-state index contributed by atoms with van der Waals surface area (Å²) in [6.07, 6.45) is 5.79. The number of nitrogens with zero attached hydrogens (tertiary/aromatic N) is 2. The molecule has 3 aromatic rings. The Bertz CT molecular complexity index is 741. The predicted molar refractivity (Wildman–Crippen MR) is 84.0 cm³/mol. The van der Waals surface area contributed by atoms with Crippen LogP contribution in [-0.2, 0) is 0 Å². The molecular weight excluding hydrogens is 285 g/mol. The number of hydrogen-bond donors (Lipinski definition) is 1. The van der Waals surface area contributed by atoms with Crippen LogP contribution in [0.2, 0.25) is 0 Å². The van der Waals surface area contributed by atoms with E-state index < -0.39 is 0 Å². The van der Waals surface area contributed by atoms with Gasteiger partial charge < -0.3 is 5.32 Å². The van der Waals surface area contributed by atoms with E-state index in [1.165, 1.54) is 12.3 Å². The highest BCUT2D eigenvalue weighted by molar-refractivity contribution is 7.17. The first kappa shape index (κ1) is 14.1. The lowest BCUT2D eigenvalue weighted by Gasteiger charge is -2.19. The maximum Gasteiger partial charge on any atom is 0.141 e. The third kappa shape index (κ3) is 3.09. The lowest BCUT2D eigenvalue weighted by Crippen LogP contribution is -2.23. The van der Waals surface area contributed by atoms with E-state index in [2.05, 4.69) is 28.3 Å². The fraction of sp³-hybridized carbons (Fsp3) is 0.250. The predicted octanol–water partition coefficient (Wildman–Crippen LogP) is 3.92. The van der Waals surface area contributed by atoms with E-state index in [0.717, 1.165) is 34.3 Å². The molecule has 0 aliphatic rings. The van der Waals surface area contributed by atoms with Crippen LogP contribution in [0.1, 0.15) is 30.5 Å². The zero-order valence-corrected chi connectivity index (χ0v) is 12.5. The number of pyridine rings is 2. The molecular formula is C16H16FN3S.